The van der Waals surface area contributed by atoms with Crippen LogP contribution in [-0.4, -0.2) is 28.7 Å². The Morgan fingerprint density at radius 2 is 1.47 bits per heavy atom. The number of phenols is 2. The van der Waals surface area contributed by atoms with Crippen LogP contribution < -0.4 is 5.32 Å². The highest BCUT2D eigenvalue weighted by atomic mass is 16.3. The summed E-state index contributed by atoms with van der Waals surface area (Å²) in [5.74, 6) is -0.974. The Balaban J connectivity index is 2.24. The summed E-state index contributed by atoms with van der Waals surface area (Å²) in [5.41, 5.74) is 2.69. The zero-order valence-corrected chi connectivity index (χ0v) is 16.3. The van der Waals surface area contributed by atoms with E-state index >= 15 is 0 Å². The first kappa shape index (κ1) is 20.8. The highest BCUT2D eigenvalue weighted by Crippen LogP contribution is 2.41. The minimum absolute atomic E-state index is 0.0653. The maximum absolute atomic E-state index is 11.8. The Morgan fingerprint density at radius 3 is 1.97 bits per heavy atom. The molecule has 0 spiro atoms. The molecule has 30 heavy (non-hydrogen) atoms. The number of benzene rings is 3. The first-order chi connectivity index (χ1) is 14.5. The molecule has 3 rings (SSSR count). The van der Waals surface area contributed by atoms with Crippen molar-refractivity contribution in [3.05, 3.63) is 88.5 Å². The topological polar surface area (TPSA) is 104 Å². The van der Waals surface area contributed by atoms with Gasteiger partial charge in [-0.3, -0.25) is 14.4 Å². The molecule has 3 aromatic rings. The summed E-state index contributed by atoms with van der Waals surface area (Å²) in [6, 6.07) is 15.9. The number of hydrogen-bond acceptors (Lipinski definition) is 5. The average molecular weight is 403 g/mol. The molecule has 3 N–H and O–H groups in total. The number of aromatic hydroxyl groups is 2. The maximum atomic E-state index is 11.8. The van der Waals surface area contributed by atoms with Gasteiger partial charge < -0.3 is 15.5 Å². The van der Waals surface area contributed by atoms with Crippen molar-refractivity contribution in [2.45, 2.75) is 19.3 Å². The van der Waals surface area contributed by atoms with Crippen molar-refractivity contribution in [1.82, 2.24) is 0 Å². The zero-order valence-electron chi connectivity index (χ0n) is 16.3. The third-order valence-corrected chi connectivity index (χ3v) is 4.82. The van der Waals surface area contributed by atoms with Crippen molar-refractivity contribution >= 4 is 24.2 Å². The van der Waals surface area contributed by atoms with E-state index in [0.717, 1.165) is 0 Å². The monoisotopic (exact) mass is 403 g/mol. The molecule has 0 atom stereocenters. The first-order valence-electron chi connectivity index (χ1n) is 9.42. The minimum atomic E-state index is -0.691. The van der Waals surface area contributed by atoms with Gasteiger partial charge in [-0.2, -0.15) is 0 Å². The SMILES string of the molecule is CCC(=O)Nc1cccc(C(c2cc(C=O)ccc2O)c2cc(C=O)ccc2O)c1. The Morgan fingerprint density at radius 1 is 0.900 bits per heavy atom. The molecule has 0 saturated carbocycles. The van der Waals surface area contributed by atoms with Gasteiger partial charge in [0.1, 0.15) is 24.1 Å². The van der Waals surface area contributed by atoms with Crippen LogP contribution in [0.3, 0.4) is 0 Å². The average Bonchev–Trinajstić information content (AvgIpc) is 2.76. The van der Waals surface area contributed by atoms with Gasteiger partial charge in [-0.1, -0.05) is 19.1 Å². The molecule has 3 aromatic carbocycles. The molecule has 6 nitrogen and oxygen atoms in total. The van der Waals surface area contributed by atoms with Gasteiger partial charge in [0, 0.05) is 40.3 Å². The summed E-state index contributed by atoms with van der Waals surface area (Å²) in [6.07, 6.45) is 1.65. The van der Waals surface area contributed by atoms with Gasteiger partial charge in [0.15, 0.2) is 0 Å². The maximum Gasteiger partial charge on any atom is 0.224 e. The van der Waals surface area contributed by atoms with Crippen LogP contribution in [0.5, 0.6) is 11.5 Å². The van der Waals surface area contributed by atoms with Crippen LogP contribution in [0.4, 0.5) is 5.69 Å². The number of anilines is 1. The van der Waals surface area contributed by atoms with Crippen LogP contribution >= 0.6 is 0 Å². The normalized spacial score (nSPS) is 10.6. The molecule has 0 aliphatic rings. The highest BCUT2D eigenvalue weighted by molar-refractivity contribution is 5.90. The van der Waals surface area contributed by atoms with E-state index in [2.05, 4.69) is 5.32 Å². The third-order valence-electron chi connectivity index (χ3n) is 4.82. The van der Waals surface area contributed by atoms with E-state index in [-0.39, 0.29) is 17.4 Å². The van der Waals surface area contributed by atoms with Crippen LogP contribution in [-0.2, 0) is 4.79 Å². The summed E-state index contributed by atoms with van der Waals surface area (Å²) < 4.78 is 0. The molecule has 0 aromatic heterocycles. The van der Waals surface area contributed by atoms with Gasteiger partial charge in [-0.15, -0.1) is 0 Å². The fourth-order valence-electron chi connectivity index (χ4n) is 3.33. The first-order valence-corrected chi connectivity index (χ1v) is 9.42. The van der Waals surface area contributed by atoms with Crippen molar-refractivity contribution in [2.24, 2.45) is 0 Å². The fourth-order valence-corrected chi connectivity index (χ4v) is 3.33. The second kappa shape index (κ2) is 9.05. The van der Waals surface area contributed by atoms with Crippen LogP contribution in [0.25, 0.3) is 0 Å². The molecule has 0 unspecified atom stereocenters. The van der Waals surface area contributed by atoms with Gasteiger partial charge in [-0.25, -0.2) is 0 Å². The quantitative estimate of drug-likeness (QED) is 0.404. The van der Waals surface area contributed by atoms with Crippen molar-refractivity contribution in [3.63, 3.8) is 0 Å². The largest absolute Gasteiger partial charge is 0.508 e. The lowest BCUT2D eigenvalue weighted by molar-refractivity contribution is -0.115. The number of carbonyl (C=O) groups is 3. The number of rotatable bonds is 7. The van der Waals surface area contributed by atoms with Crippen molar-refractivity contribution < 1.29 is 24.6 Å². The molecule has 0 radical (unpaired) electrons. The second-order valence-electron chi connectivity index (χ2n) is 6.83. The van der Waals surface area contributed by atoms with E-state index < -0.39 is 5.92 Å². The molecular formula is C24H21NO5. The van der Waals surface area contributed by atoms with Gasteiger partial charge in [0.05, 0.1) is 0 Å². The van der Waals surface area contributed by atoms with Crippen LogP contribution in [0.15, 0.2) is 60.7 Å². The lowest BCUT2D eigenvalue weighted by Gasteiger charge is -2.22. The predicted octanol–water partition coefficient (Wildman–Crippen LogP) is 4.25. The van der Waals surface area contributed by atoms with E-state index in [0.29, 0.717) is 52.5 Å². The Labute approximate surface area is 173 Å². The summed E-state index contributed by atoms with van der Waals surface area (Å²) in [6.45, 7) is 1.74. The Hall–Kier alpha value is -3.93. The lowest BCUT2D eigenvalue weighted by Crippen LogP contribution is -2.11. The van der Waals surface area contributed by atoms with E-state index in [1.54, 1.807) is 31.2 Å². The Kier molecular flexibility index (Phi) is 6.27. The summed E-state index contributed by atoms with van der Waals surface area (Å²) >= 11 is 0. The van der Waals surface area contributed by atoms with Gasteiger partial charge in [-0.05, 0) is 54.1 Å². The molecule has 152 valence electrons. The van der Waals surface area contributed by atoms with Crippen LogP contribution in [0.2, 0.25) is 0 Å². The summed E-state index contributed by atoms with van der Waals surface area (Å²) in [4.78, 5) is 34.4. The standard InChI is InChI=1S/C24H21NO5/c1-2-23(30)25-18-5-3-4-17(12-18)24(19-10-15(13-26)6-8-21(19)28)20-11-16(14-27)7-9-22(20)29/h3-14,24,28-29H,2H2,1H3,(H,25,30). The molecule has 1 amide bonds. The molecule has 0 bridgehead atoms. The van der Waals surface area contributed by atoms with Crippen LogP contribution in [0.1, 0.15) is 56.7 Å². The summed E-state index contributed by atoms with van der Waals surface area (Å²) in [7, 11) is 0. The smallest absolute Gasteiger partial charge is 0.224 e. The number of aldehydes is 2. The highest BCUT2D eigenvalue weighted by Gasteiger charge is 2.24. The van der Waals surface area contributed by atoms with Crippen molar-refractivity contribution in [2.75, 3.05) is 5.32 Å². The molecule has 0 aliphatic heterocycles. The van der Waals surface area contributed by atoms with Crippen molar-refractivity contribution in [1.29, 1.82) is 0 Å². The second-order valence-corrected chi connectivity index (χ2v) is 6.83. The molecule has 6 heteroatoms. The third kappa shape index (κ3) is 4.38. The van der Waals surface area contributed by atoms with Gasteiger partial charge in [0.2, 0.25) is 5.91 Å². The molecule has 0 fully saturated rings. The lowest BCUT2D eigenvalue weighted by atomic mass is 9.83. The molecular weight excluding hydrogens is 382 g/mol. The van der Waals surface area contributed by atoms with E-state index in [1.165, 1.54) is 36.4 Å². The van der Waals surface area contributed by atoms with E-state index in [1.807, 2.05) is 0 Å². The number of amides is 1. The van der Waals surface area contributed by atoms with E-state index in [9.17, 15) is 24.6 Å². The van der Waals surface area contributed by atoms with Gasteiger partial charge >= 0.3 is 0 Å². The van der Waals surface area contributed by atoms with E-state index in [4.69, 9.17) is 0 Å². The van der Waals surface area contributed by atoms with Gasteiger partial charge in [0.25, 0.3) is 0 Å². The van der Waals surface area contributed by atoms with Crippen LogP contribution in [0, 0.1) is 0 Å². The number of carbonyl (C=O) groups excluding carboxylic acids is 3. The molecule has 0 saturated heterocycles. The number of phenolic OH excluding ortho intramolecular Hbond substituents is 2. The number of hydrogen-bond donors (Lipinski definition) is 3. The molecule has 0 aliphatic carbocycles. The molecule has 0 heterocycles. The number of nitrogens with one attached hydrogen (secondary N) is 1. The Bertz CT molecular complexity index is 1050. The zero-order chi connectivity index (χ0) is 21.7. The van der Waals surface area contributed by atoms with Crippen molar-refractivity contribution in [3.8, 4) is 11.5 Å². The minimum Gasteiger partial charge on any atom is -0.508 e. The predicted molar refractivity (Wildman–Crippen MR) is 113 cm³/mol. The summed E-state index contributed by atoms with van der Waals surface area (Å²) in [5, 5.41) is 23.9. The fraction of sp³-hybridized carbons (Fsp3) is 0.125.